The lowest BCUT2D eigenvalue weighted by Crippen LogP contribution is -2.36. The maximum Gasteiger partial charge on any atom is 0.573 e. The zero-order valence-electron chi connectivity index (χ0n) is 13.1. The fourth-order valence-electron chi connectivity index (χ4n) is 2.30. The van der Waals surface area contributed by atoms with Crippen LogP contribution in [-0.2, 0) is 17.3 Å². The number of nitrogens with zero attached hydrogens (tertiary/aromatic N) is 4. The smallest absolute Gasteiger partial charge is 0.492 e. The molecule has 0 saturated heterocycles. The van der Waals surface area contributed by atoms with Crippen molar-refractivity contribution in [1.82, 2.24) is 14.8 Å². The Kier molecular flexibility index (Phi) is 4.34. The van der Waals surface area contributed by atoms with Crippen molar-refractivity contribution in [1.29, 1.82) is 0 Å². The molecule has 26 heavy (non-hydrogen) atoms. The fraction of sp³-hybridized carbons (Fsp3) is 0.385. The highest BCUT2D eigenvalue weighted by molar-refractivity contribution is 7.86. The topological polar surface area (TPSA) is 109 Å². The van der Waals surface area contributed by atoms with Crippen molar-refractivity contribution in [3.05, 3.63) is 34.4 Å². The van der Waals surface area contributed by atoms with Crippen molar-refractivity contribution in [2.24, 2.45) is 0 Å². The largest absolute Gasteiger partial charge is 0.573 e. The van der Waals surface area contributed by atoms with E-state index in [-0.39, 0.29) is 24.1 Å². The molecule has 1 aromatic carbocycles. The van der Waals surface area contributed by atoms with Crippen molar-refractivity contribution in [3.8, 4) is 11.5 Å². The summed E-state index contributed by atoms with van der Waals surface area (Å²) in [4.78, 5) is 13.5. The first-order valence-corrected chi connectivity index (χ1v) is 8.22. The van der Waals surface area contributed by atoms with Gasteiger partial charge < -0.3 is 19.6 Å². The van der Waals surface area contributed by atoms with Gasteiger partial charge in [0.25, 0.3) is 0 Å². The standard InChI is InChI=1S/C13H11F3N4O5S/c1-12(6-19-11(26(12)23)17-10(18-19)20(21)22)7-24-8-2-4-9(5-3-8)25-13(14,15)16/h2-5H,6-7H2,1H3. The normalized spacial score (nSPS) is 22.1. The van der Waals surface area contributed by atoms with Gasteiger partial charge in [0.1, 0.15) is 33.7 Å². The van der Waals surface area contributed by atoms with Gasteiger partial charge in [-0.25, -0.2) is 4.21 Å². The molecule has 0 amide bonds. The molecule has 2 heterocycles. The lowest BCUT2D eigenvalue weighted by atomic mass is 10.2. The molecule has 140 valence electrons. The van der Waals surface area contributed by atoms with Crippen molar-refractivity contribution < 1.29 is 31.8 Å². The van der Waals surface area contributed by atoms with Crippen LogP contribution in [0.25, 0.3) is 0 Å². The van der Waals surface area contributed by atoms with Crippen molar-refractivity contribution >= 4 is 16.7 Å². The predicted octanol–water partition coefficient (Wildman–Crippen LogP) is 2.04. The number of halogens is 3. The van der Waals surface area contributed by atoms with Crippen molar-refractivity contribution in [3.63, 3.8) is 0 Å². The highest BCUT2D eigenvalue weighted by atomic mass is 32.2. The number of hydrogen-bond donors (Lipinski definition) is 0. The van der Waals surface area contributed by atoms with Gasteiger partial charge in [-0.1, -0.05) is 0 Å². The van der Waals surface area contributed by atoms with Crippen LogP contribution in [0.4, 0.5) is 19.1 Å². The fourth-order valence-corrected chi connectivity index (χ4v) is 3.61. The van der Waals surface area contributed by atoms with E-state index < -0.39 is 38.5 Å². The van der Waals surface area contributed by atoms with Gasteiger partial charge in [0, 0.05) is 5.10 Å². The van der Waals surface area contributed by atoms with Crippen LogP contribution >= 0.6 is 0 Å². The van der Waals surface area contributed by atoms with Crippen molar-refractivity contribution in [2.75, 3.05) is 6.61 Å². The molecule has 0 spiro atoms. The van der Waals surface area contributed by atoms with Gasteiger partial charge in [0.05, 0.1) is 6.54 Å². The maximum absolute atomic E-state index is 12.5. The Morgan fingerprint density at radius 2 is 1.96 bits per heavy atom. The van der Waals surface area contributed by atoms with E-state index in [0.717, 1.165) is 12.1 Å². The second-order valence-corrected chi connectivity index (χ2v) is 7.52. The average molecular weight is 392 g/mol. The second-order valence-electron chi connectivity index (χ2n) is 5.64. The first-order chi connectivity index (χ1) is 12.1. The Bertz CT molecular complexity index is 870. The van der Waals surface area contributed by atoms with Crippen LogP contribution in [0, 0.1) is 10.1 Å². The Hall–Kier alpha value is -2.70. The molecule has 0 bridgehead atoms. The number of fused-ring (bicyclic) bond motifs is 1. The van der Waals surface area contributed by atoms with Gasteiger partial charge >= 0.3 is 17.5 Å². The number of hydrogen-bond acceptors (Lipinski definition) is 7. The number of ether oxygens (including phenoxy) is 2. The molecule has 3 rings (SSSR count). The Labute approximate surface area is 146 Å². The van der Waals surface area contributed by atoms with Crippen LogP contribution in [0.1, 0.15) is 6.92 Å². The molecule has 13 heteroatoms. The van der Waals surface area contributed by atoms with Crippen LogP contribution < -0.4 is 9.47 Å². The molecular formula is C13H11F3N4O5S. The molecular weight excluding hydrogens is 381 g/mol. The van der Waals surface area contributed by atoms with E-state index in [4.69, 9.17) is 4.74 Å². The molecule has 0 N–H and O–H groups in total. The first kappa shape index (κ1) is 18.1. The number of benzene rings is 1. The van der Waals surface area contributed by atoms with E-state index in [1.807, 2.05) is 0 Å². The monoisotopic (exact) mass is 392 g/mol. The summed E-state index contributed by atoms with van der Waals surface area (Å²) in [5.41, 5.74) is 0. The van der Waals surface area contributed by atoms with Gasteiger partial charge in [-0.2, -0.15) is 4.68 Å². The number of nitro groups is 1. The minimum Gasteiger partial charge on any atom is -0.492 e. The minimum absolute atomic E-state index is 0.0169. The van der Waals surface area contributed by atoms with E-state index >= 15 is 0 Å². The molecule has 9 nitrogen and oxygen atoms in total. The number of rotatable bonds is 5. The third kappa shape index (κ3) is 3.61. The quantitative estimate of drug-likeness (QED) is 0.566. The highest BCUT2D eigenvalue weighted by Crippen LogP contribution is 2.32. The van der Waals surface area contributed by atoms with Gasteiger partial charge in [-0.3, -0.25) is 0 Å². The summed E-state index contributed by atoms with van der Waals surface area (Å²) < 4.78 is 58.4. The molecule has 0 aliphatic carbocycles. The van der Waals surface area contributed by atoms with Crippen molar-refractivity contribution in [2.45, 2.75) is 29.7 Å². The van der Waals surface area contributed by atoms with E-state index in [2.05, 4.69) is 14.8 Å². The van der Waals surface area contributed by atoms with E-state index in [1.165, 1.54) is 16.8 Å². The third-order valence-electron chi connectivity index (χ3n) is 3.49. The zero-order valence-corrected chi connectivity index (χ0v) is 13.9. The summed E-state index contributed by atoms with van der Waals surface area (Å²) in [6, 6.07) is 4.74. The summed E-state index contributed by atoms with van der Waals surface area (Å²) >= 11 is 0. The van der Waals surface area contributed by atoms with E-state index in [9.17, 15) is 27.5 Å². The molecule has 1 aromatic heterocycles. The summed E-state index contributed by atoms with van der Waals surface area (Å²) in [7, 11) is -1.70. The van der Waals surface area contributed by atoms with Gasteiger partial charge in [-0.15, -0.1) is 13.2 Å². The Morgan fingerprint density at radius 3 is 2.50 bits per heavy atom. The van der Waals surface area contributed by atoms with Crippen LogP contribution in [-0.4, -0.2) is 41.6 Å². The summed E-state index contributed by atoms with van der Waals surface area (Å²) in [5, 5.41) is 14.3. The molecule has 2 atom stereocenters. The number of aromatic nitrogens is 3. The molecule has 0 saturated carbocycles. The molecule has 1 aliphatic heterocycles. The molecule has 2 aromatic rings. The van der Waals surface area contributed by atoms with Gasteiger partial charge in [-0.05, 0) is 41.1 Å². The SMILES string of the molecule is CC1(COc2ccc(OC(F)(F)F)cc2)Cn2nc([N+](=O)[O-])nc2S1=O. The highest BCUT2D eigenvalue weighted by Gasteiger charge is 2.48. The molecule has 2 unspecified atom stereocenters. The minimum atomic E-state index is -4.79. The Morgan fingerprint density at radius 1 is 1.35 bits per heavy atom. The summed E-state index contributed by atoms with van der Waals surface area (Å²) in [6.07, 6.45) is -4.79. The van der Waals surface area contributed by atoms with Crippen LogP contribution in [0.3, 0.4) is 0 Å². The number of alkyl halides is 3. The van der Waals surface area contributed by atoms with E-state index in [1.54, 1.807) is 6.92 Å². The lowest BCUT2D eigenvalue weighted by molar-refractivity contribution is -0.394. The van der Waals surface area contributed by atoms with E-state index in [0.29, 0.717) is 0 Å². The maximum atomic E-state index is 12.5. The molecule has 0 radical (unpaired) electrons. The summed E-state index contributed by atoms with van der Waals surface area (Å²) in [5.74, 6) is -0.769. The van der Waals surface area contributed by atoms with Crippen LogP contribution in [0.2, 0.25) is 0 Å². The third-order valence-corrected chi connectivity index (χ3v) is 5.26. The molecule has 1 aliphatic rings. The lowest BCUT2D eigenvalue weighted by Gasteiger charge is -2.20. The van der Waals surface area contributed by atoms with Crippen LogP contribution in [0.15, 0.2) is 29.4 Å². The van der Waals surface area contributed by atoms with Crippen LogP contribution in [0.5, 0.6) is 11.5 Å². The van der Waals surface area contributed by atoms with Gasteiger partial charge in [0.2, 0.25) is 0 Å². The Balaban J connectivity index is 1.65. The average Bonchev–Trinajstić information content (AvgIpc) is 3.04. The summed E-state index contributed by atoms with van der Waals surface area (Å²) in [6.45, 7) is 1.66. The van der Waals surface area contributed by atoms with Gasteiger partial charge in [0.15, 0.2) is 0 Å². The first-order valence-electron chi connectivity index (χ1n) is 7.07. The molecule has 0 fully saturated rings. The zero-order chi connectivity index (χ0) is 19.1. The predicted molar refractivity (Wildman–Crippen MR) is 80.1 cm³/mol. The second kappa shape index (κ2) is 6.23.